The lowest BCUT2D eigenvalue weighted by Crippen LogP contribution is -2.46. The largest absolute Gasteiger partial charge is 0.411 e. The van der Waals surface area contributed by atoms with E-state index in [1.807, 2.05) is 13.8 Å². The Labute approximate surface area is 194 Å². The number of carbonyl (C=O) groups excluding carboxylic acids is 1. The van der Waals surface area contributed by atoms with Crippen molar-refractivity contribution in [3.63, 3.8) is 0 Å². The quantitative estimate of drug-likeness (QED) is 0.658. The third-order valence-corrected chi connectivity index (χ3v) is 11.6. The Morgan fingerprint density at radius 2 is 2.03 bits per heavy atom. The summed E-state index contributed by atoms with van der Waals surface area (Å²) in [6.45, 7) is 15.2. The zero-order valence-electron chi connectivity index (χ0n) is 20.5. The van der Waals surface area contributed by atoms with Crippen LogP contribution in [0, 0.1) is 5.92 Å². The van der Waals surface area contributed by atoms with Crippen molar-refractivity contribution in [3.05, 3.63) is 16.7 Å². The van der Waals surface area contributed by atoms with E-state index in [2.05, 4.69) is 43.8 Å². The molecule has 0 aliphatic carbocycles. The van der Waals surface area contributed by atoms with E-state index in [4.69, 9.17) is 9.16 Å². The van der Waals surface area contributed by atoms with E-state index in [-0.39, 0.29) is 40.7 Å². The van der Waals surface area contributed by atoms with E-state index in [1.54, 1.807) is 15.8 Å². The molecule has 11 heteroatoms. The lowest BCUT2D eigenvalue weighted by Gasteiger charge is -2.39. The van der Waals surface area contributed by atoms with Crippen molar-refractivity contribution in [3.8, 4) is 0 Å². The van der Waals surface area contributed by atoms with Crippen molar-refractivity contribution in [2.24, 2.45) is 5.92 Å². The number of hydrogen-bond donors (Lipinski definition) is 1. The topological polar surface area (TPSA) is 112 Å². The number of fused-ring (bicyclic) bond motifs is 2. The molecule has 2 aliphatic rings. The highest BCUT2D eigenvalue weighted by atomic mass is 28.4. The zero-order chi connectivity index (χ0) is 24.3. The number of ether oxygens (including phenoxy) is 1. The van der Waals surface area contributed by atoms with Crippen molar-refractivity contribution >= 4 is 31.3 Å². The summed E-state index contributed by atoms with van der Waals surface area (Å²) in [5.41, 5.74) is 0.360. The summed E-state index contributed by atoms with van der Waals surface area (Å²) in [4.78, 5) is 36.3. The fraction of sp³-hybridized carbons (Fsp3) is 0.727. The molecule has 3 atom stereocenters. The predicted octanol–water partition coefficient (Wildman–Crippen LogP) is 2.27. The highest BCUT2D eigenvalue weighted by Crippen LogP contribution is 2.41. The summed E-state index contributed by atoms with van der Waals surface area (Å²) in [5.74, 6) is 0.0726. The molecule has 4 heterocycles. The highest BCUT2D eigenvalue weighted by Gasteiger charge is 2.45. The third kappa shape index (κ3) is 4.05. The molecule has 2 aliphatic heterocycles. The van der Waals surface area contributed by atoms with Gasteiger partial charge in [-0.3, -0.25) is 23.6 Å². The molecule has 1 saturated heterocycles. The van der Waals surface area contributed by atoms with Crippen LogP contribution >= 0.6 is 0 Å². The summed E-state index contributed by atoms with van der Waals surface area (Å²) in [6, 6.07) is 0. The van der Waals surface area contributed by atoms with E-state index in [0.717, 1.165) is 0 Å². The number of aromatic nitrogens is 4. The number of amides is 1. The molecule has 2 aromatic rings. The number of rotatable bonds is 5. The molecule has 0 spiro atoms. The summed E-state index contributed by atoms with van der Waals surface area (Å²) >= 11 is 0. The first kappa shape index (κ1) is 24.1. The highest BCUT2D eigenvalue weighted by molar-refractivity contribution is 6.74. The van der Waals surface area contributed by atoms with Gasteiger partial charge in [0, 0.05) is 25.4 Å². The first-order valence-electron chi connectivity index (χ1n) is 11.6. The van der Waals surface area contributed by atoms with Crippen LogP contribution in [0.1, 0.15) is 47.3 Å². The normalized spacial score (nSPS) is 23.7. The fourth-order valence-corrected chi connectivity index (χ4v) is 5.50. The van der Waals surface area contributed by atoms with Gasteiger partial charge in [-0.2, -0.15) is 4.98 Å². The number of imidazole rings is 1. The molecule has 1 fully saturated rings. The van der Waals surface area contributed by atoms with Gasteiger partial charge in [0.15, 0.2) is 19.5 Å². The Morgan fingerprint density at radius 1 is 1.33 bits per heavy atom. The zero-order valence-corrected chi connectivity index (χ0v) is 21.5. The second kappa shape index (κ2) is 8.29. The van der Waals surface area contributed by atoms with Crippen LogP contribution in [-0.2, 0) is 20.5 Å². The minimum atomic E-state index is -2.08. The van der Waals surface area contributed by atoms with Gasteiger partial charge in [0.1, 0.15) is 12.3 Å². The molecule has 1 N–H and O–H groups in total. The van der Waals surface area contributed by atoms with Crippen molar-refractivity contribution in [2.45, 2.75) is 84.2 Å². The number of carbonyl (C=O) groups is 1. The lowest BCUT2D eigenvalue weighted by molar-refractivity contribution is -0.121. The second-order valence-electron chi connectivity index (χ2n) is 10.8. The maximum absolute atomic E-state index is 13.1. The fourth-order valence-electron chi connectivity index (χ4n) is 4.14. The summed E-state index contributed by atoms with van der Waals surface area (Å²) in [7, 11) is -2.08. The van der Waals surface area contributed by atoms with Crippen molar-refractivity contribution in [1.29, 1.82) is 0 Å². The van der Waals surface area contributed by atoms with E-state index < -0.39 is 20.6 Å². The maximum atomic E-state index is 13.1. The van der Waals surface area contributed by atoms with Crippen LogP contribution in [0.25, 0.3) is 11.2 Å². The first-order valence-corrected chi connectivity index (χ1v) is 14.5. The molecular formula is C22H35N5O5Si. The number of nitrogens with zero attached hydrogens (tertiary/aromatic N) is 5. The monoisotopic (exact) mass is 477 g/mol. The van der Waals surface area contributed by atoms with Gasteiger partial charge < -0.3 is 14.3 Å². The van der Waals surface area contributed by atoms with E-state index in [0.29, 0.717) is 31.1 Å². The Kier molecular flexibility index (Phi) is 6.05. The van der Waals surface area contributed by atoms with Crippen molar-refractivity contribution in [2.75, 3.05) is 18.1 Å². The van der Waals surface area contributed by atoms with Crippen LogP contribution < -0.4 is 10.5 Å². The first-order chi connectivity index (χ1) is 15.4. The Bertz CT molecular complexity index is 1120. The van der Waals surface area contributed by atoms with Gasteiger partial charge in [-0.05, 0) is 18.1 Å². The Morgan fingerprint density at radius 3 is 2.64 bits per heavy atom. The number of hydrogen-bond acceptors (Lipinski definition) is 7. The summed E-state index contributed by atoms with van der Waals surface area (Å²) < 4.78 is 15.9. The predicted molar refractivity (Wildman–Crippen MR) is 127 cm³/mol. The Balaban J connectivity index is 1.68. The van der Waals surface area contributed by atoms with Crippen LogP contribution in [-0.4, -0.2) is 63.8 Å². The maximum Gasteiger partial charge on any atom is 0.283 e. The average Bonchev–Trinajstić information content (AvgIpc) is 3.43. The minimum Gasteiger partial charge on any atom is -0.411 e. The van der Waals surface area contributed by atoms with Gasteiger partial charge in [0.05, 0.1) is 19.0 Å². The minimum absolute atomic E-state index is 0.0238. The van der Waals surface area contributed by atoms with Gasteiger partial charge in [-0.15, -0.1) is 0 Å². The second-order valence-corrected chi connectivity index (χ2v) is 15.6. The average molecular weight is 478 g/mol. The van der Waals surface area contributed by atoms with Crippen LogP contribution in [0.4, 0.5) is 5.95 Å². The third-order valence-electron chi connectivity index (χ3n) is 7.13. The van der Waals surface area contributed by atoms with E-state index in [1.165, 1.54) is 4.57 Å². The molecular weight excluding hydrogens is 442 g/mol. The summed E-state index contributed by atoms with van der Waals surface area (Å²) in [6.07, 6.45) is 0.839. The SMILES string of the molecule is CC(C)C(=O)N1CCn2c1nc1c(ncn1C1C[C@H](O[Si](C)(C)C(C)(C)C)[C@@H](CO)O1)c2=O. The van der Waals surface area contributed by atoms with Gasteiger partial charge in [0.2, 0.25) is 11.9 Å². The van der Waals surface area contributed by atoms with Crippen LogP contribution in [0.15, 0.2) is 11.1 Å². The molecule has 0 bridgehead atoms. The number of aliphatic hydroxyl groups is 1. The van der Waals surface area contributed by atoms with E-state index in [9.17, 15) is 14.7 Å². The van der Waals surface area contributed by atoms with Crippen molar-refractivity contribution < 1.29 is 19.1 Å². The lowest BCUT2D eigenvalue weighted by atomic mass is 10.2. The molecule has 0 radical (unpaired) electrons. The summed E-state index contributed by atoms with van der Waals surface area (Å²) in [5, 5.41) is 9.98. The van der Waals surface area contributed by atoms with Crippen LogP contribution in [0.3, 0.4) is 0 Å². The Hall–Kier alpha value is -2.08. The molecule has 182 valence electrons. The molecule has 1 amide bonds. The van der Waals surface area contributed by atoms with Gasteiger partial charge >= 0.3 is 0 Å². The molecule has 33 heavy (non-hydrogen) atoms. The molecule has 0 saturated carbocycles. The number of aliphatic hydroxyl groups excluding tert-OH is 1. The van der Waals surface area contributed by atoms with Gasteiger partial charge in [-0.25, -0.2) is 4.98 Å². The van der Waals surface area contributed by atoms with Gasteiger partial charge in [-0.1, -0.05) is 34.6 Å². The number of anilines is 1. The molecule has 4 rings (SSSR count). The van der Waals surface area contributed by atoms with Crippen LogP contribution in [0.2, 0.25) is 18.1 Å². The molecule has 0 aromatic carbocycles. The smallest absolute Gasteiger partial charge is 0.283 e. The molecule has 1 unspecified atom stereocenters. The molecule has 2 aromatic heterocycles. The van der Waals surface area contributed by atoms with E-state index >= 15 is 0 Å². The molecule has 10 nitrogen and oxygen atoms in total. The van der Waals surface area contributed by atoms with Gasteiger partial charge in [0.25, 0.3) is 5.56 Å². The van der Waals surface area contributed by atoms with Crippen LogP contribution in [0.5, 0.6) is 0 Å². The standard InChI is InChI=1S/C22H35N5O5Si/c1-13(2)19(29)25-8-9-26-20(30)17-18(24-21(25)26)27(12-23-17)16-10-14(15(11-28)31-16)32-33(6,7)22(3,4)5/h12-16,28H,8-11H2,1-7H3/t14-,15+,16?/m0/s1. The van der Waals surface area contributed by atoms with Crippen molar-refractivity contribution in [1.82, 2.24) is 19.1 Å².